The lowest BCUT2D eigenvalue weighted by Crippen LogP contribution is -2.50. The SMILES string of the molecule is CO[C@]12CNC[C@H]1N(C(=O)O)[C@H](C(C)C(F)(F)F)C2. The zero-order chi connectivity index (χ0) is 14.4. The molecule has 19 heavy (non-hydrogen) atoms. The van der Waals surface area contributed by atoms with E-state index < -0.39 is 35.9 Å². The van der Waals surface area contributed by atoms with Crippen molar-refractivity contribution in [2.24, 2.45) is 5.92 Å². The lowest BCUT2D eigenvalue weighted by molar-refractivity contribution is -0.183. The number of carboxylic acid groups (broad SMARTS) is 1. The summed E-state index contributed by atoms with van der Waals surface area (Å²) in [6.45, 7) is 1.72. The molecule has 5 nitrogen and oxygen atoms in total. The molecule has 2 fully saturated rings. The number of nitrogens with one attached hydrogen (secondary N) is 1. The van der Waals surface area contributed by atoms with Crippen molar-refractivity contribution in [2.45, 2.75) is 37.2 Å². The highest BCUT2D eigenvalue weighted by molar-refractivity contribution is 5.67. The molecule has 0 aromatic carbocycles. The molecule has 0 aromatic rings. The van der Waals surface area contributed by atoms with E-state index >= 15 is 0 Å². The van der Waals surface area contributed by atoms with Crippen molar-refractivity contribution in [1.82, 2.24) is 10.2 Å². The van der Waals surface area contributed by atoms with Crippen LogP contribution in [-0.4, -0.2) is 60.2 Å². The number of alkyl halides is 3. The van der Waals surface area contributed by atoms with Crippen LogP contribution in [0.5, 0.6) is 0 Å². The topological polar surface area (TPSA) is 61.8 Å². The molecule has 4 atom stereocenters. The van der Waals surface area contributed by atoms with Gasteiger partial charge in [-0.1, -0.05) is 6.92 Å². The lowest BCUT2D eigenvalue weighted by Gasteiger charge is -2.31. The van der Waals surface area contributed by atoms with Crippen molar-refractivity contribution in [3.8, 4) is 0 Å². The van der Waals surface area contributed by atoms with Crippen LogP contribution < -0.4 is 5.32 Å². The number of methoxy groups -OCH3 is 1. The highest BCUT2D eigenvalue weighted by Crippen LogP contribution is 2.44. The highest BCUT2D eigenvalue weighted by atomic mass is 19.4. The van der Waals surface area contributed by atoms with Gasteiger partial charge in [0.2, 0.25) is 0 Å². The van der Waals surface area contributed by atoms with Crippen LogP contribution >= 0.6 is 0 Å². The number of ether oxygens (including phenoxy) is 1. The van der Waals surface area contributed by atoms with Gasteiger partial charge in [0.05, 0.1) is 12.0 Å². The van der Waals surface area contributed by atoms with Gasteiger partial charge in [-0.2, -0.15) is 13.2 Å². The average molecular weight is 282 g/mol. The molecular weight excluding hydrogens is 265 g/mol. The number of hydrogen-bond acceptors (Lipinski definition) is 3. The molecule has 0 bridgehead atoms. The molecule has 0 spiro atoms. The first-order valence-electron chi connectivity index (χ1n) is 6.07. The maximum absolute atomic E-state index is 12.9. The molecule has 0 aliphatic carbocycles. The molecule has 2 N–H and O–H groups in total. The maximum Gasteiger partial charge on any atom is 0.407 e. The molecule has 2 rings (SSSR count). The number of halogens is 3. The quantitative estimate of drug-likeness (QED) is 0.801. The van der Waals surface area contributed by atoms with Crippen LogP contribution in [0.4, 0.5) is 18.0 Å². The van der Waals surface area contributed by atoms with E-state index in [1.54, 1.807) is 0 Å². The predicted octanol–water partition coefficient (Wildman–Crippen LogP) is 1.29. The molecule has 0 radical (unpaired) electrons. The van der Waals surface area contributed by atoms with E-state index in [0.29, 0.717) is 13.1 Å². The smallest absolute Gasteiger partial charge is 0.407 e. The van der Waals surface area contributed by atoms with Gasteiger partial charge in [0.1, 0.15) is 5.60 Å². The lowest BCUT2D eigenvalue weighted by atomic mass is 9.91. The molecule has 2 heterocycles. The Morgan fingerprint density at radius 1 is 1.58 bits per heavy atom. The van der Waals surface area contributed by atoms with Gasteiger partial charge in [-0.25, -0.2) is 4.79 Å². The standard InChI is InChI=1S/C11H17F3N2O3/c1-6(11(12,13)14)7-3-10(19-2)5-15-4-8(10)16(7)9(17)18/h6-8,15H,3-5H2,1-2H3,(H,17,18)/t6?,7-,8+,10+/m0/s1. The number of rotatable bonds is 2. The molecule has 2 aliphatic rings. The van der Waals surface area contributed by atoms with E-state index in [1.165, 1.54) is 7.11 Å². The summed E-state index contributed by atoms with van der Waals surface area (Å²) in [6.07, 6.45) is -5.68. The molecule has 2 saturated heterocycles. The first-order valence-corrected chi connectivity index (χ1v) is 6.07. The first kappa shape index (κ1) is 14.4. The van der Waals surface area contributed by atoms with E-state index in [9.17, 15) is 23.1 Å². The van der Waals surface area contributed by atoms with Crippen molar-refractivity contribution in [3.05, 3.63) is 0 Å². The number of fused-ring (bicyclic) bond motifs is 1. The van der Waals surface area contributed by atoms with Crippen molar-refractivity contribution >= 4 is 6.09 Å². The van der Waals surface area contributed by atoms with Gasteiger partial charge in [-0.3, -0.25) is 4.90 Å². The minimum Gasteiger partial charge on any atom is -0.465 e. The second kappa shape index (κ2) is 4.52. The number of hydrogen-bond donors (Lipinski definition) is 2. The monoisotopic (exact) mass is 282 g/mol. The number of carbonyl (C=O) groups is 1. The third-order valence-corrected chi connectivity index (χ3v) is 4.34. The van der Waals surface area contributed by atoms with E-state index in [0.717, 1.165) is 11.8 Å². The Morgan fingerprint density at radius 2 is 2.21 bits per heavy atom. The van der Waals surface area contributed by atoms with E-state index in [2.05, 4.69) is 5.32 Å². The number of amides is 1. The van der Waals surface area contributed by atoms with Crippen molar-refractivity contribution in [3.63, 3.8) is 0 Å². The third kappa shape index (κ3) is 2.16. The Balaban J connectivity index is 2.32. The summed E-state index contributed by atoms with van der Waals surface area (Å²) in [5.41, 5.74) is -0.845. The molecule has 8 heteroatoms. The largest absolute Gasteiger partial charge is 0.465 e. The highest BCUT2D eigenvalue weighted by Gasteiger charge is 2.61. The minimum atomic E-state index is -4.42. The third-order valence-electron chi connectivity index (χ3n) is 4.34. The summed E-state index contributed by atoms with van der Waals surface area (Å²) in [4.78, 5) is 12.2. The summed E-state index contributed by atoms with van der Waals surface area (Å²) in [5.74, 6) is -1.71. The molecule has 1 unspecified atom stereocenters. The van der Waals surface area contributed by atoms with Crippen molar-refractivity contribution < 1.29 is 27.8 Å². The summed E-state index contributed by atoms with van der Waals surface area (Å²) < 4.78 is 44.0. The Morgan fingerprint density at radius 3 is 2.68 bits per heavy atom. The van der Waals surface area contributed by atoms with E-state index in [-0.39, 0.29) is 6.42 Å². The number of nitrogens with zero attached hydrogens (tertiary/aromatic N) is 1. The molecule has 110 valence electrons. The zero-order valence-electron chi connectivity index (χ0n) is 10.7. The normalized spacial score (nSPS) is 36.4. The maximum atomic E-state index is 12.9. The van der Waals surface area contributed by atoms with E-state index in [1.807, 2.05) is 0 Å². The first-order chi connectivity index (χ1) is 8.73. The van der Waals surface area contributed by atoms with Gasteiger partial charge in [-0.15, -0.1) is 0 Å². The van der Waals surface area contributed by atoms with Crippen LogP contribution in [0.2, 0.25) is 0 Å². The summed E-state index contributed by atoms with van der Waals surface area (Å²) in [7, 11) is 1.42. The Bertz CT molecular complexity index is 377. The summed E-state index contributed by atoms with van der Waals surface area (Å²) >= 11 is 0. The van der Waals surface area contributed by atoms with Crippen LogP contribution in [-0.2, 0) is 4.74 Å². The molecule has 0 saturated carbocycles. The van der Waals surface area contributed by atoms with Crippen LogP contribution in [0.15, 0.2) is 0 Å². The predicted molar refractivity (Wildman–Crippen MR) is 59.9 cm³/mol. The number of likely N-dealkylation sites (tertiary alicyclic amines) is 1. The Kier molecular flexibility index (Phi) is 3.42. The van der Waals surface area contributed by atoms with Gasteiger partial charge in [0.25, 0.3) is 0 Å². The van der Waals surface area contributed by atoms with Gasteiger partial charge in [-0.05, 0) is 0 Å². The molecule has 1 amide bonds. The fourth-order valence-electron chi connectivity index (χ4n) is 3.17. The second-order valence-electron chi connectivity index (χ2n) is 5.21. The zero-order valence-corrected chi connectivity index (χ0v) is 10.7. The van der Waals surface area contributed by atoms with Crippen LogP contribution in [0.1, 0.15) is 13.3 Å². The van der Waals surface area contributed by atoms with Crippen molar-refractivity contribution in [2.75, 3.05) is 20.2 Å². The fourth-order valence-corrected chi connectivity index (χ4v) is 3.17. The minimum absolute atomic E-state index is 0.0636. The van der Waals surface area contributed by atoms with Gasteiger partial charge < -0.3 is 15.2 Å². The van der Waals surface area contributed by atoms with Crippen molar-refractivity contribution in [1.29, 1.82) is 0 Å². The molecular formula is C11H17F3N2O3. The fraction of sp³-hybridized carbons (Fsp3) is 0.909. The van der Waals surface area contributed by atoms with Gasteiger partial charge >= 0.3 is 12.3 Å². The molecule has 0 aromatic heterocycles. The van der Waals surface area contributed by atoms with E-state index in [4.69, 9.17) is 4.74 Å². The average Bonchev–Trinajstić information content (AvgIpc) is 2.81. The van der Waals surface area contributed by atoms with Crippen LogP contribution in [0.3, 0.4) is 0 Å². The Hall–Kier alpha value is -1.02. The Labute approximate surface area is 108 Å². The summed E-state index contributed by atoms with van der Waals surface area (Å²) in [5, 5.41) is 12.2. The molecule has 2 aliphatic heterocycles. The van der Waals surface area contributed by atoms with Gasteiger partial charge in [0, 0.05) is 32.7 Å². The summed E-state index contributed by atoms with van der Waals surface area (Å²) in [6, 6.07) is -1.66. The van der Waals surface area contributed by atoms with Gasteiger partial charge in [0.15, 0.2) is 0 Å². The van der Waals surface area contributed by atoms with Crippen LogP contribution in [0, 0.1) is 5.92 Å². The second-order valence-corrected chi connectivity index (χ2v) is 5.21. The van der Waals surface area contributed by atoms with Crippen LogP contribution in [0.25, 0.3) is 0 Å².